The Labute approximate surface area is 198 Å². The van der Waals surface area contributed by atoms with Crippen LogP contribution in [0.4, 0.5) is 11.5 Å². The van der Waals surface area contributed by atoms with Crippen LogP contribution >= 0.6 is 0 Å². The molecule has 0 bridgehead atoms. The summed E-state index contributed by atoms with van der Waals surface area (Å²) in [5.41, 5.74) is 7.05. The molecule has 0 saturated carbocycles. The Morgan fingerprint density at radius 1 is 1.12 bits per heavy atom. The summed E-state index contributed by atoms with van der Waals surface area (Å²) in [6.07, 6.45) is 3.03. The zero-order valence-electron chi connectivity index (χ0n) is 19.6. The van der Waals surface area contributed by atoms with Crippen molar-refractivity contribution in [3.05, 3.63) is 53.7 Å². The largest absolute Gasteiger partial charge is 0.376 e. The number of primary amides is 1. The van der Waals surface area contributed by atoms with Crippen LogP contribution < -0.4 is 16.4 Å². The molecule has 4 N–H and O–H groups in total. The van der Waals surface area contributed by atoms with E-state index in [0.717, 1.165) is 17.7 Å². The van der Waals surface area contributed by atoms with Crippen molar-refractivity contribution < 1.29 is 19.2 Å². The van der Waals surface area contributed by atoms with E-state index in [2.05, 4.69) is 15.6 Å². The second-order valence-electron chi connectivity index (χ2n) is 8.64. The molecule has 2 aromatic rings. The maximum absolute atomic E-state index is 13.1. The van der Waals surface area contributed by atoms with Gasteiger partial charge in [0.25, 0.3) is 5.91 Å². The number of carbonyl (C=O) groups is 4. The van der Waals surface area contributed by atoms with Gasteiger partial charge in [-0.25, -0.2) is 4.98 Å². The normalized spacial score (nSPS) is 17.6. The van der Waals surface area contributed by atoms with E-state index in [1.165, 1.54) is 23.2 Å². The summed E-state index contributed by atoms with van der Waals surface area (Å²) in [5, 5.41) is 5.51. The monoisotopic (exact) mass is 466 g/mol. The van der Waals surface area contributed by atoms with Crippen LogP contribution in [0.3, 0.4) is 0 Å². The molecule has 3 rings (SSSR count). The third-order valence-corrected chi connectivity index (χ3v) is 5.82. The lowest BCUT2D eigenvalue weighted by Crippen LogP contribution is -2.46. The minimum Gasteiger partial charge on any atom is -0.376 e. The van der Waals surface area contributed by atoms with Crippen LogP contribution in [0.2, 0.25) is 0 Å². The smallest absolute Gasteiger partial charge is 0.315 e. The Bertz CT molecular complexity index is 1070. The molecule has 0 radical (unpaired) electrons. The number of pyridine rings is 1. The molecule has 180 valence electrons. The number of benzene rings is 1. The topological polar surface area (TPSA) is 138 Å². The molecule has 34 heavy (non-hydrogen) atoms. The van der Waals surface area contributed by atoms with Crippen LogP contribution in [0.5, 0.6) is 0 Å². The van der Waals surface area contributed by atoms with Gasteiger partial charge >= 0.3 is 11.8 Å². The highest BCUT2D eigenvalue weighted by molar-refractivity contribution is 6.39. The number of aromatic nitrogens is 1. The molecule has 0 spiro atoms. The minimum absolute atomic E-state index is 0.0306. The maximum Gasteiger partial charge on any atom is 0.315 e. The number of anilines is 2. The van der Waals surface area contributed by atoms with Gasteiger partial charge in [-0.15, -0.1) is 0 Å². The second-order valence-corrected chi connectivity index (χ2v) is 8.64. The SMILES string of the molecule is C[C@@H]1CC[C@@H](c2ccc(NCC(=O)N(C)C)cc2)N(C(=O)C(=O)Nc2ncccc2C(N)=O)C1. The van der Waals surface area contributed by atoms with Crippen LogP contribution in [-0.2, 0) is 14.4 Å². The lowest BCUT2D eigenvalue weighted by Gasteiger charge is -2.38. The molecule has 2 heterocycles. The van der Waals surface area contributed by atoms with Crippen LogP contribution in [0.15, 0.2) is 42.6 Å². The number of likely N-dealkylation sites (N-methyl/N-ethyl adjacent to an activating group) is 1. The molecule has 1 aliphatic rings. The molecule has 1 aliphatic heterocycles. The third-order valence-electron chi connectivity index (χ3n) is 5.82. The first-order chi connectivity index (χ1) is 16.2. The van der Waals surface area contributed by atoms with Gasteiger partial charge in [-0.3, -0.25) is 19.2 Å². The van der Waals surface area contributed by atoms with E-state index in [-0.39, 0.29) is 35.8 Å². The van der Waals surface area contributed by atoms with E-state index < -0.39 is 17.7 Å². The molecule has 1 aromatic heterocycles. The molecule has 10 heteroatoms. The van der Waals surface area contributed by atoms with Gasteiger partial charge < -0.3 is 26.2 Å². The van der Waals surface area contributed by atoms with Crippen molar-refractivity contribution in [3.63, 3.8) is 0 Å². The summed E-state index contributed by atoms with van der Waals surface area (Å²) >= 11 is 0. The van der Waals surface area contributed by atoms with Crippen LogP contribution in [0.1, 0.15) is 41.7 Å². The first-order valence-electron chi connectivity index (χ1n) is 11.1. The molecule has 1 saturated heterocycles. The maximum atomic E-state index is 13.1. The quantitative estimate of drug-likeness (QED) is 0.553. The van der Waals surface area contributed by atoms with Gasteiger partial charge in [0.05, 0.1) is 18.2 Å². The standard InChI is InChI=1S/C24H30N6O4/c1-15-6-11-19(16-7-9-17(10-8-16)27-13-20(31)29(2)3)30(14-15)24(34)23(33)28-22-18(21(25)32)5-4-12-26-22/h4-5,7-10,12,15,19,27H,6,11,13-14H2,1-3H3,(H2,25,32)(H,26,28,33)/t15-,19+/m1/s1. The molecular formula is C24H30N6O4. The Hall–Kier alpha value is -3.95. The van der Waals surface area contributed by atoms with Gasteiger partial charge in [-0.1, -0.05) is 19.1 Å². The molecule has 2 atom stereocenters. The van der Waals surface area contributed by atoms with Crippen molar-refractivity contribution in [1.82, 2.24) is 14.8 Å². The van der Waals surface area contributed by atoms with E-state index in [9.17, 15) is 19.2 Å². The fraction of sp³-hybridized carbons (Fsp3) is 0.375. The van der Waals surface area contributed by atoms with Crippen molar-refractivity contribution >= 4 is 35.1 Å². The summed E-state index contributed by atoms with van der Waals surface area (Å²) in [5.74, 6) is -2.17. The Balaban J connectivity index is 1.74. The number of carbonyl (C=O) groups excluding carboxylic acids is 4. The molecule has 0 aliphatic carbocycles. The highest BCUT2D eigenvalue weighted by Crippen LogP contribution is 2.34. The molecular weight excluding hydrogens is 436 g/mol. The Morgan fingerprint density at radius 2 is 1.82 bits per heavy atom. The van der Waals surface area contributed by atoms with E-state index in [0.29, 0.717) is 13.0 Å². The van der Waals surface area contributed by atoms with Gasteiger partial charge in [0.1, 0.15) is 5.82 Å². The summed E-state index contributed by atoms with van der Waals surface area (Å²) in [6.45, 7) is 2.64. The number of likely N-dealkylation sites (tertiary alicyclic amines) is 1. The second kappa shape index (κ2) is 10.8. The molecule has 10 nitrogen and oxygen atoms in total. The van der Waals surface area contributed by atoms with Crippen molar-refractivity contribution in [2.75, 3.05) is 37.8 Å². The average molecular weight is 467 g/mol. The fourth-order valence-electron chi connectivity index (χ4n) is 3.88. The van der Waals surface area contributed by atoms with Gasteiger partial charge in [0.15, 0.2) is 0 Å². The van der Waals surface area contributed by atoms with E-state index in [4.69, 9.17) is 5.73 Å². The summed E-state index contributed by atoms with van der Waals surface area (Å²) in [6, 6.07) is 10.2. The highest BCUT2D eigenvalue weighted by atomic mass is 16.2. The van der Waals surface area contributed by atoms with E-state index in [1.54, 1.807) is 19.0 Å². The number of piperidine rings is 1. The van der Waals surface area contributed by atoms with Gasteiger partial charge in [-0.2, -0.15) is 0 Å². The minimum atomic E-state index is -0.874. The van der Waals surface area contributed by atoms with Crippen molar-refractivity contribution in [3.8, 4) is 0 Å². The first-order valence-corrected chi connectivity index (χ1v) is 11.1. The summed E-state index contributed by atoms with van der Waals surface area (Å²) in [4.78, 5) is 56.4. The lowest BCUT2D eigenvalue weighted by molar-refractivity contribution is -0.146. The Kier molecular flexibility index (Phi) is 7.83. The van der Waals surface area contributed by atoms with Crippen LogP contribution in [-0.4, -0.2) is 65.6 Å². The number of nitrogens with two attached hydrogens (primary N) is 1. The number of hydrogen-bond donors (Lipinski definition) is 3. The fourth-order valence-corrected chi connectivity index (χ4v) is 3.88. The third kappa shape index (κ3) is 5.89. The molecule has 0 unspecified atom stereocenters. The average Bonchev–Trinajstić information content (AvgIpc) is 2.82. The molecule has 1 fully saturated rings. The van der Waals surface area contributed by atoms with Gasteiger partial charge in [-0.05, 0) is 48.6 Å². The van der Waals surface area contributed by atoms with Gasteiger partial charge in [0, 0.05) is 32.5 Å². The predicted octanol–water partition coefficient (Wildman–Crippen LogP) is 1.62. The van der Waals surface area contributed by atoms with Crippen molar-refractivity contribution in [2.45, 2.75) is 25.8 Å². The number of amides is 4. The predicted molar refractivity (Wildman–Crippen MR) is 128 cm³/mol. The van der Waals surface area contributed by atoms with Crippen LogP contribution in [0.25, 0.3) is 0 Å². The molecule has 1 aromatic carbocycles. The van der Waals surface area contributed by atoms with E-state index >= 15 is 0 Å². The summed E-state index contributed by atoms with van der Waals surface area (Å²) < 4.78 is 0. The van der Waals surface area contributed by atoms with Crippen LogP contribution in [0, 0.1) is 5.92 Å². The van der Waals surface area contributed by atoms with Crippen molar-refractivity contribution in [1.29, 1.82) is 0 Å². The number of hydrogen-bond acceptors (Lipinski definition) is 6. The van der Waals surface area contributed by atoms with E-state index in [1.807, 2.05) is 31.2 Å². The zero-order chi connectivity index (χ0) is 24.8. The lowest BCUT2D eigenvalue weighted by atomic mass is 9.89. The first kappa shape index (κ1) is 24.7. The van der Waals surface area contributed by atoms with Crippen molar-refractivity contribution in [2.24, 2.45) is 11.7 Å². The Morgan fingerprint density at radius 3 is 2.47 bits per heavy atom. The number of nitrogens with zero attached hydrogens (tertiary/aromatic N) is 3. The van der Waals surface area contributed by atoms with Gasteiger partial charge in [0.2, 0.25) is 5.91 Å². The number of rotatable bonds is 6. The zero-order valence-corrected chi connectivity index (χ0v) is 19.6. The number of nitrogens with one attached hydrogen (secondary N) is 2. The summed E-state index contributed by atoms with van der Waals surface area (Å²) in [7, 11) is 3.39. The highest BCUT2D eigenvalue weighted by Gasteiger charge is 2.34. The molecule has 4 amide bonds.